The normalized spacial score (nSPS) is 10.3. The van der Waals surface area contributed by atoms with Gasteiger partial charge in [0.2, 0.25) is 12.1 Å². The van der Waals surface area contributed by atoms with Crippen molar-refractivity contribution < 1.29 is 14.5 Å². The van der Waals surface area contributed by atoms with Gasteiger partial charge in [-0.2, -0.15) is 4.57 Å². The highest BCUT2D eigenvalue weighted by atomic mass is 16.4. The molecular formula is C11H10NO2+. The molecule has 0 atom stereocenters. The van der Waals surface area contributed by atoms with E-state index < -0.39 is 5.97 Å². The Hall–Kier alpha value is -1.90. The van der Waals surface area contributed by atoms with Crippen LogP contribution >= 0.6 is 0 Å². The zero-order valence-corrected chi connectivity index (χ0v) is 7.55. The van der Waals surface area contributed by atoms with Crippen LogP contribution in [-0.2, 0) is 11.3 Å². The van der Waals surface area contributed by atoms with E-state index in [9.17, 15) is 4.79 Å². The van der Waals surface area contributed by atoms with E-state index in [1.54, 1.807) is 10.8 Å². The van der Waals surface area contributed by atoms with Gasteiger partial charge in [0.1, 0.15) is 0 Å². The number of carbonyl (C=O) groups is 1. The van der Waals surface area contributed by atoms with Crippen LogP contribution in [0, 0.1) is 0 Å². The molecule has 0 saturated heterocycles. The van der Waals surface area contributed by atoms with Gasteiger partial charge >= 0.3 is 5.97 Å². The van der Waals surface area contributed by atoms with Crippen LogP contribution in [0.2, 0.25) is 0 Å². The third-order valence-corrected chi connectivity index (χ3v) is 2.09. The van der Waals surface area contributed by atoms with E-state index in [0.29, 0.717) is 0 Å². The predicted molar refractivity (Wildman–Crippen MR) is 51.8 cm³/mol. The van der Waals surface area contributed by atoms with Crippen molar-refractivity contribution in [2.45, 2.75) is 6.54 Å². The van der Waals surface area contributed by atoms with Crippen molar-refractivity contribution in [1.29, 1.82) is 0 Å². The maximum absolute atomic E-state index is 10.6. The summed E-state index contributed by atoms with van der Waals surface area (Å²) in [6.45, 7) is 0.00134. The van der Waals surface area contributed by atoms with Crippen LogP contribution in [0.15, 0.2) is 42.6 Å². The number of aliphatic carboxylic acids is 1. The predicted octanol–water partition coefficient (Wildman–Crippen LogP) is 1.21. The molecule has 1 aromatic carbocycles. The van der Waals surface area contributed by atoms with Crippen LogP contribution in [0.3, 0.4) is 0 Å². The van der Waals surface area contributed by atoms with Crippen LogP contribution in [0.4, 0.5) is 0 Å². The molecule has 2 rings (SSSR count). The highest BCUT2D eigenvalue weighted by Crippen LogP contribution is 2.07. The Morgan fingerprint density at radius 2 is 1.93 bits per heavy atom. The summed E-state index contributed by atoms with van der Waals surface area (Å²) >= 11 is 0. The monoisotopic (exact) mass is 188 g/mol. The number of pyridine rings is 1. The van der Waals surface area contributed by atoms with Crippen LogP contribution in [0.1, 0.15) is 0 Å². The van der Waals surface area contributed by atoms with Gasteiger partial charge < -0.3 is 5.11 Å². The molecule has 2 aromatic rings. The fraction of sp³-hybridized carbons (Fsp3) is 0.0909. The Morgan fingerprint density at radius 1 is 1.21 bits per heavy atom. The highest BCUT2D eigenvalue weighted by Gasteiger charge is 2.10. The first-order valence-corrected chi connectivity index (χ1v) is 4.36. The molecule has 0 bridgehead atoms. The number of rotatable bonds is 2. The van der Waals surface area contributed by atoms with Gasteiger partial charge in [-0.05, 0) is 12.1 Å². The molecule has 0 amide bonds. The number of para-hydroxylation sites is 1. The molecule has 0 radical (unpaired) electrons. The lowest BCUT2D eigenvalue weighted by Crippen LogP contribution is -2.38. The number of fused-ring (bicyclic) bond motifs is 1. The Balaban J connectivity index is 2.59. The molecule has 0 saturated carbocycles. The summed E-state index contributed by atoms with van der Waals surface area (Å²) in [4.78, 5) is 10.6. The van der Waals surface area contributed by atoms with Gasteiger partial charge in [-0.15, -0.1) is 0 Å². The number of carboxylic acids is 1. The summed E-state index contributed by atoms with van der Waals surface area (Å²) in [5.74, 6) is -0.827. The van der Waals surface area contributed by atoms with Gasteiger partial charge in [-0.1, -0.05) is 12.1 Å². The van der Waals surface area contributed by atoms with Crippen LogP contribution < -0.4 is 4.57 Å². The Morgan fingerprint density at radius 3 is 2.71 bits per heavy atom. The van der Waals surface area contributed by atoms with E-state index in [2.05, 4.69) is 0 Å². The van der Waals surface area contributed by atoms with E-state index >= 15 is 0 Å². The molecule has 0 fully saturated rings. The maximum atomic E-state index is 10.6. The Bertz CT molecular complexity index is 474. The first kappa shape index (κ1) is 8.69. The van der Waals surface area contributed by atoms with Gasteiger partial charge in [0.05, 0.1) is 0 Å². The quantitative estimate of drug-likeness (QED) is 0.720. The van der Waals surface area contributed by atoms with Crippen molar-refractivity contribution in [2.24, 2.45) is 0 Å². The van der Waals surface area contributed by atoms with Crippen molar-refractivity contribution in [3.8, 4) is 0 Å². The summed E-state index contributed by atoms with van der Waals surface area (Å²) in [6.07, 6.45) is 1.77. The number of benzene rings is 1. The van der Waals surface area contributed by atoms with Crippen molar-refractivity contribution >= 4 is 16.9 Å². The van der Waals surface area contributed by atoms with Gasteiger partial charge in [0.25, 0.3) is 0 Å². The highest BCUT2D eigenvalue weighted by molar-refractivity contribution is 5.75. The van der Waals surface area contributed by atoms with Crippen LogP contribution in [0.5, 0.6) is 0 Å². The second kappa shape index (κ2) is 3.46. The summed E-state index contributed by atoms with van der Waals surface area (Å²) in [5, 5.41) is 9.76. The minimum Gasteiger partial charge on any atom is -0.477 e. The lowest BCUT2D eigenvalue weighted by atomic mass is 10.2. The third kappa shape index (κ3) is 1.57. The van der Waals surface area contributed by atoms with Crippen molar-refractivity contribution in [2.75, 3.05) is 0 Å². The Labute approximate surface area is 81.2 Å². The Kier molecular flexibility index (Phi) is 2.14. The topological polar surface area (TPSA) is 41.2 Å². The van der Waals surface area contributed by atoms with E-state index in [1.165, 1.54) is 0 Å². The molecule has 1 heterocycles. The summed E-state index contributed by atoms with van der Waals surface area (Å²) in [7, 11) is 0. The minimum atomic E-state index is -0.827. The van der Waals surface area contributed by atoms with Gasteiger partial charge in [0, 0.05) is 17.5 Å². The molecule has 0 aliphatic heterocycles. The zero-order valence-electron chi connectivity index (χ0n) is 7.55. The van der Waals surface area contributed by atoms with E-state index in [-0.39, 0.29) is 6.54 Å². The molecule has 3 heteroatoms. The fourth-order valence-electron chi connectivity index (χ4n) is 1.50. The number of aromatic nitrogens is 1. The summed E-state index contributed by atoms with van der Waals surface area (Å²) in [5.41, 5.74) is 0.942. The van der Waals surface area contributed by atoms with E-state index in [0.717, 1.165) is 10.9 Å². The van der Waals surface area contributed by atoms with Crippen molar-refractivity contribution in [1.82, 2.24) is 0 Å². The minimum absolute atomic E-state index is 0.00134. The van der Waals surface area contributed by atoms with Gasteiger partial charge in [-0.25, -0.2) is 4.79 Å². The smallest absolute Gasteiger partial charge is 0.370 e. The molecule has 1 N–H and O–H groups in total. The fourth-order valence-corrected chi connectivity index (χ4v) is 1.50. The second-order valence-electron chi connectivity index (χ2n) is 3.09. The molecule has 14 heavy (non-hydrogen) atoms. The molecule has 70 valence electrons. The van der Waals surface area contributed by atoms with Crippen LogP contribution in [-0.4, -0.2) is 11.1 Å². The standard InChI is InChI=1S/C11H9NO2/c13-11(14)8-12-7-3-5-9-4-1-2-6-10(9)12/h1-7H,8H2/p+1. The first-order chi connectivity index (χ1) is 6.77. The van der Waals surface area contributed by atoms with Crippen molar-refractivity contribution in [3.63, 3.8) is 0 Å². The number of hydrogen-bond acceptors (Lipinski definition) is 1. The number of hydrogen-bond donors (Lipinski definition) is 1. The average molecular weight is 188 g/mol. The summed E-state index contributed by atoms with van der Waals surface area (Å²) in [6, 6.07) is 11.5. The lowest BCUT2D eigenvalue weighted by molar-refractivity contribution is -0.659. The molecular weight excluding hydrogens is 178 g/mol. The summed E-state index contributed by atoms with van der Waals surface area (Å²) < 4.78 is 1.72. The van der Waals surface area contributed by atoms with Gasteiger partial charge in [0.15, 0.2) is 6.20 Å². The zero-order chi connectivity index (χ0) is 9.97. The van der Waals surface area contributed by atoms with E-state index in [4.69, 9.17) is 5.11 Å². The second-order valence-corrected chi connectivity index (χ2v) is 3.09. The SMILES string of the molecule is O=C(O)C[n+]1cccc2ccccc21. The van der Waals surface area contributed by atoms with E-state index in [1.807, 2.05) is 36.4 Å². The van der Waals surface area contributed by atoms with Gasteiger partial charge in [-0.3, -0.25) is 0 Å². The average Bonchev–Trinajstić information content (AvgIpc) is 2.18. The largest absolute Gasteiger partial charge is 0.477 e. The molecule has 0 aliphatic carbocycles. The van der Waals surface area contributed by atoms with Crippen molar-refractivity contribution in [3.05, 3.63) is 42.6 Å². The van der Waals surface area contributed by atoms with Crippen LogP contribution in [0.25, 0.3) is 10.9 Å². The molecule has 3 nitrogen and oxygen atoms in total. The maximum Gasteiger partial charge on any atom is 0.370 e. The molecule has 1 aromatic heterocycles. The number of nitrogens with zero attached hydrogens (tertiary/aromatic N) is 1. The molecule has 0 spiro atoms. The number of carboxylic acid groups (broad SMARTS) is 1. The third-order valence-electron chi connectivity index (χ3n) is 2.09. The first-order valence-electron chi connectivity index (χ1n) is 4.36. The lowest BCUT2D eigenvalue weighted by Gasteiger charge is -1.97. The molecule has 0 aliphatic rings. The molecule has 0 unspecified atom stereocenters.